The fourth-order valence-electron chi connectivity index (χ4n) is 2.20. The molecule has 0 aliphatic rings. The van der Waals surface area contributed by atoms with Crippen LogP contribution in [0.25, 0.3) is 11.1 Å². The van der Waals surface area contributed by atoms with Gasteiger partial charge in [0.25, 0.3) is 0 Å². The number of rotatable bonds is 7. The molecule has 1 heterocycles. The predicted octanol–water partition coefficient (Wildman–Crippen LogP) is 3.14. The molecule has 4 heteroatoms. The zero-order valence-corrected chi connectivity index (χ0v) is 12.2. The zero-order chi connectivity index (χ0) is 15.1. The van der Waals surface area contributed by atoms with E-state index in [1.165, 1.54) is 0 Å². The van der Waals surface area contributed by atoms with Crippen molar-refractivity contribution in [1.82, 2.24) is 10.3 Å². The molecule has 112 valence electrons. The second kappa shape index (κ2) is 7.86. The van der Waals surface area contributed by atoms with Crippen LogP contribution in [0.1, 0.15) is 25.3 Å². The molecule has 21 heavy (non-hydrogen) atoms. The third-order valence-electron chi connectivity index (χ3n) is 3.50. The van der Waals surface area contributed by atoms with Crippen molar-refractivity contribution in [2.45, 2.75) is 32.4 Å². The molecule has 1 atom stereocenters. The van der Waals surface area contributed by atoms with Gasteiger partial charge in [-0.25, -0.2) is 4.39 Å². The molecule has 0 aliphatic heterocycles. The summed E-state index contributed by atoms with van der Waals surface area (Å²) in [5, 5.41) is 12.1. The Kier molecular flexibility index (Phi) is 5.84. The first-order valence-corrected chi connectivity index (χ1v) is 7.24. The Labute approximate surface area is 124 Å². The van der Waals surface area contributed by atoms with Crippen molar-refractivity contribution in [2.24, 2.45) is 0 Å². The van der Waals surface area contributed by atoms with Crippen molar-refractivity contribution in [1.29, 1.82) is 0 Å². The van der Waals surface area contributed by atoms with Crippen LogP contribution < -0.4 is 5.32 Å². The van der Waals surface area contributed by atoms with Crippen molar-refractivity contribution in [3.8, 4) is 11.1 Å². The predicted molar refractivity (Wildman–Crippen MR) is 82.3 cm³/mol. The van der Waals surface area contributed by atoms with Gasteiger partial charge >= 0.3 is 0 Å². The van der Waals surface area contributed by atoms with E-state index in [1.54, 1.807) is 18.5 Å². The van der Waals surface area contributed by atoms with E-state index in [1.807, 2.05) is 31.2 Å². The Balaban J connectivity index is 2.00. The summed E-state index contributed by atoms with van der Waals surface area (Å²) in [6.07, 6.45) is 5.04. The fourth-order valence-corrected chi connectivity index (χ4v) is 2.20. The lowest BCUT2D eigenvalue weighted by Crippen LogP contribution is -2.26. The third kappa shape index (κ3) is 4.62. The second-order valence-electron chi connectivity index (χ2n) is 5.19. The number of hydrogen-bond acceptors (Lipinski definition) is 3. The van der Waals surface area contributed by atoms with Gasteiger partial charge in [-0.2, -0.15) is 0 Å². The van der Waals surface area contributed by atoms with Gasteiger partial charge in [0.15, 0.2) is 0 Å². The standard InChI is InChI=1S/C17H21FN2O/c1-13(3-2-10-21)20-12-16-5-4-15(11-17(16)18)14-6-8-19-9-7-14/h4-9,11,13,20-21H,2-3,10,12H2,1H3. The maximum Gasteiger partial charge on any atom is 0.128 e. The summed E-state index contributed by atoms with van der Waals surface area (Å²) in [5.74, 6) is -0.203. The molecule has 0 spiro atoms. The van der Waals surface area contributed by atoms with Crippen LogP contribution in [0, 0.1) is 5.82 Å². The van der Waals surface area contributed by atoms with Crippen molar-refractivity contribution >= 4 is 0 Å². The van der Waals surface area contributed by atoms with Crippen molar-refractivity contribution in [2.75, 3.05) is 6.61 Å². The van der Waals surface area contributed by atoms with Crippen LogP contribution in [0.15, 0.2) is 42.7 Å². The largest absolute Gasteiger partial charge is 0.396 e. The molecule has 0 amide bonds. The molecule has 1 aromatic heterocycles. The van der Waals surface area contributed by atoms with E-state index in [-0.39, 0.29) is 18.5 Å². The van der Waals surface area contributed by atoms with E-state index in [0.717, 1.165) is 24.0 Å². The van der Waals surface area contributed by atoms with Gasteiger partial charge in [0.2, 0.25) is 0 Å². The van der Waals surface area contributed by atoms with E-state index in [2.05, 4.69) is 10.3 Å². The molecular formula is C17H21FN2O. The SMILES string of the molecule is CC(CCCO)NCc1ccc(-c2ccncc2)cc1F. The Morgan fingerprint density at radius 2 is 1.95 bits per heavy atom. The van der Waals surface area contributed by atoms with Crippen LogP contribution in [0.4, 0.5) is 4.39 Å². The second-order valence-corrected chi connectivity index (χ2v) is 5.19. The number of hydrogen-bond donors (Lipinski definition) is 2. The molecule has 0 bridgehead atoms. The molecular weight excluding hydrogens is 267 g/mol. The number of halogens is 1. The number of benzene rings is 1. The van der Waals surface area contributed by atoms with Gasteiger partial charge in [-0.05, 0) is 49.1 Å². The molecule has 2 N–H and O–H groups in total. The Morgan fingerprint density at radius 3 is 2.62 bits per heavy atom. The van der Waals surface area contributed by atoms with E-state index in [0.29, 0.717) is 12.1 Å². The minimum absolute atomic E-state index is 0.195. The Hall–Kier alpha value is -1.78. The van der Waals surface area contributed by atoms with Crippen LogP contribution in [0.5, 0.6) is 0 Å². The summed E-state index contributed by atoms with van der Waals surface area (Å²) in [6.45, 7) is 2.73. The molecule has 2 aromatic rings. The minimum atomic E-state index is -0.203. The van der Waals surface area contributed by atoms with E-state index in [4.69, 9.17) is 5.11 Å². The Morgan fingerprint density at radius 1 is 1.19 bits per heavy atom. The number of aliphatic hydroxyl groups excluding tert-OH is 1. The maximum atomic E-state index is 14.1. The van der Waals surface area contributed by atoms with Gasteiger partial charge in [-0.1, -0.05) is 12.1 Å². The Bertz CT molecular complexity index is 560. The van der Waals surface area contributed by atoms with Crippen molar-refractivity contribution < 1.29 is 9.50 Å². The number of aliphatic hydroxyl groups is 1. The average molecular weight is 288 g/mol. The summed E-state index contributed by atoms with van der Waals surface area (Å²) >= 11 is 0. The van der Waals surface area contributed by atoms with E-state index in [9.17, 15) is 4.39 Å². The molecule has 0 radical (unpaired) electrons. The number of nitrogens with one attached hydrogen (secondary N) is 1. The normalized spacial score (nSPS) is 12.3. The number of pyridine rings is 1. The minimum Gasteiger partial charge on any atom is -0.396 e. The number of nitrogens with zero attached hydrogens (tertiary/aromatic N) is 1. The van der Waals surface area contributed by atoms with E-state index < -0.39 is 0 Å². The first-order chi connectivity index (χ1) is 10.2. The summed E-state index contributed by atoms with van der Waals surface area (Å²) in [6, 6.07) is 9.29. The zero-order valence-electron chi connectivity index (χ0n) is 12.2. The number of aromatic nitrogens is 1. The molecule has 2 rings (SSSR count). The molecule has 3 nitrogen and oxygen atoms in total. The molecule has 0 saturated carbocycles. The highest BCUT2D eigenvalue weighted by Crippen LogP contribution is 2.21. The third-order valence-corrected chi connectivity index (χ3v) is 3.50. The lowest BCUT2D eigenvalue weighted by Gasteiger charge is -2.14. The highest BCUT2D eigenvalue weighted by atomic mass is 19.1. The summed E-state index contributed by atoms with van der Waals surface area (Å²) in [5.41, 5.74) is 2.47. The molecule has 0 aliphatic carbocycles. The monoisotopic (exact) mass is 288 g/mol. The summed E-state index contributed by atoms with van der Waals surface area (Å²) in [7, 11) is 0. The summed E-state index contributed by atoms with van der Waals surface area (Å²) in [4.78, 5) is 3.96. The average Bonchev–Trinajstić information content (AvgIpc) is 2.52. The van der Waals surface area contributed by atoms with Gasteiger partial charge in [-0.3, -0.25) is 4.98 Å². The van der Waals surface area contributed by atoms with Crippen LogP contribution in [0.3, 0.4) is 0 Å². The van der Waals surface area contributed by atoms with Crippen LogP contribution in [0.2, 0.25) is 0 Å². The van der Waals surface area contributed by atoms with Crippen LogP contribution in [-0.4, -0.2) is 22.7 Å². The highest BCUT2D eigenvalue weighted by Gasteiger charge is 2.07. The quantitative estimate of drug-likeness (QED) is 0.822. The first-order valence-electron chi connectivity index (χ1n) is 7.24. The van der Waals surface area contributed by atoms with Gasteiger partial charge in [0.1, 0.15) is 5.82 Å². The smallest absolute Gasteiger partial charge is 0.128 e. The van der Waals surface area contributed by atoms with Gasteiger partial charge in [0.05, 0.1) is 0 Å². The van der Waals surface area contributed by atoms with Crippen LogP contribution in [-0.2, 0) is 6.54 Å². The van der Waals surface area contributed by atoms with Crippen molar-refractivity contribution in [3.05, 3.63) is 54.1 Å². The van der Waals surface area contributed by atoms with E-state index >= 15 is 0 Å². The molecule has 1 unspecified atom stereocenters. The van der Waals surface area contributed by atoms with Gasteiger partial charge in [0, 0.05) is 37.2 Å². The molecule has 0 saturated heterocycles. The first kappa shape index (κ1) is 15.6. The molecule has 1 aromatic carbocycles. The highest BCUT2D eigenvalue weighted by molar-refractivity contribution is 5.63. The molecule has 0 fully saturated rings. The lowest BCUT2D eigenvalue weighted by atomic mass is 10.0. The fraction of sp³-hybridized carbons (Fsp3) is 0.353. The summed E-state index contributed by atoms with van der Waals surface area (Å²) < 4.78 is 14.1. The topological polar surface area (TPSA) is 45.1 Å². The van der Waals surface area contributed by atoms with Crippen LogP contribution >= 0.6 is 0 Å². The van der Waals surface area contributed by atoms with Crippen molar-refractivity contribution in [3.63, 3.8) is 0 Å². The van der Waals surface area contributed by atoms with Gasteiger partial charge in [-0.15, -0.1) is 0 Å². The van der Waals surface area contributed by atoms with Gasteiger partial charge < -0.3 is 10.4 Å². The lowest BCUT2D eigenvalue weighted by molar-refractivity contribution is 0.276. The maximum absolute atomic E-state index is 14.1.